The second-order valence-electron chi connectivity index (χ2n) is 8.67. The van der Waals surface area contributed by atoms with Crippen molar-refractivity contribution in [3.8, 4) is 0 Å². The average Bonchev–Trinajstić information content (AvgIpc) is 3.41. The van der Waals surface area contributed by atoms with E-state index in [4.69, 9.17) is 4.74 Å². The Kier molecular flexibility index (Phi) is 5.14. The van der Waals surface area contributed by atoms with Crippen LogP contribution in [-0.2, 0) is 11.2 Å². The first-order chi connectivity index (χ1) is 15.0. The molecule has 1 N–H and O–H groups in total. The zero-order chi connectivity index (χ0) is 21.5. The second-order valence-corrected chi connectivity index (χ2v) is 8.67. The number of carbonyl (C=O) groups excluding carboxylic acids is 2. The maximum absolute atomic E-state index is 13.6. The van der Waals surface area contributed by atoms with Gasteiger partial charge >= 0.3 is 12.0 Å². The third-order valence-corrected chi connectivity index (χ3v) is 6.88. The lowest BCUT2D eigenvalue weighted by Gasteiger charge is -2.39. The lowest BCUT2D eigenvalue weighted by molar-refractivity contribution is 0.0600. The summed E-state index contributed by atoms with van der Waals surface area (Å²) in [7, 11) is 1.35. The Balaban J connectivity index is 1.49. The van der Waals surface area contributed by atoms with E-state index in [1.54, 1.807) is 24.3 Å². The highest BCUT2D eigenvalue weighted by atomic mass is 19.1. The Morgan fingerprint density at radius 1 is 1.10 bits per heavy atom. The Bertz CT molecular complexity index is 1010. The summed E-state index contributed by atoms with van der Waals surface area (Å²) in [5.74, 6) is -0.232. The van der Waals surface area contributed by atoms with Gasteiger partial charge < -0.3 is 19.9 Å². The fourth-order valence-electron chi connectivity index (χ4n) is 5.27. The molecule has 3 aliphatic heterocycles. The van der Waals surface area contributed by atoms with E-state index in [2.05, 4.69) is 10.2 Å². The van der Waals surface area contributed by atoms with E-state index in [0.717, 1.165) is 42.7 Å². The first-order valence-electron chi connectivity index (χ1n) is 10.8. The lowest BCUT2D eigenvalue weighted by Crippen LogP contribution is -2.52. The molecule has 3 heterocycles. The predicted molar refractivity (Wildman–Crippen MR) is 113 cm³/mol. The molecule has 2 bridgehead atoms. The Labute approximate surface area is 181 Å². The number of carbonyl (C=O) groups is 2. The van der Waals surface area contributed by atoms with Gasteiger partial charge in [0.2, 0.25) is 0 Å². The van der Waals surface area contributed by atoms with Crippen LogP contribution in [0.3, 0.4) is 0 Å². The molecule has 4 atom stereocenters. The second kappa shape index (κ2) is 7.96. The van der Waals surface area contributed by atoms with E-state index < -0.39 is 12.0 Å². The van der Waals surface area contributed by atoms with Gasteiger partial charge in [0.25, 0.3) is 0 Å². The number of nitrogens with one attached hydrogen (secondary N) is 1. The number of halogens is 1. The van der Waals surface area contributed by atoms with Crippen molar-refractivity contribution in [2.45, 2.75) is 24.9 Å². The predicted octanol–water partition coefficient (Wildman–Crippen LogP) is 2.97. The van der Waals surface area contributed by atoms with Crippen molar-refractivity contribution in [3.05, 3.63) is 70.5 Å². The molecule has 2 aromatic rings. The molecule has 2 saturated heterocycles. The van der Waals surface area contributed by atoms with Crippen LogP contribution in [0.15, 0.2) is 42.5 Å². The highest BCUT2D eigenvalue weighted by Crippen LogP contribution is 2.36. The number of ether oxygens (including phenoxy) is 1. The molecule has 5 rings (SSSR count). The number of hydrogen-bond donors (Lipinski definition) is 1. The number of hydrogen-bond acceptors (Lipinski definition) is 4. The minimum Gasteiger partial charge on any atom is -0.465 e. The summed E-state index contributed by atoms with van der Waals surface area (Å²) < 4.78 is 18.5. The zero-order valence-electron chi connectivity index (χ0n) is 17.5. The van der Waals surface area contributed by atoms with Crippen molar-refractivity contribution in [3.63, 3.8) is 0 Å². The molecular weight excluding hydrogens is 397 g/mol. The SMILES string of the molecule is COC(=O)c1ccc2c(c1)[C@H](c1ccc(F)cc1)N(C(=O)N[C@@H]1CN3CCC1C3)CC2. The molecule has 3 aliphatic rings. The standard InChI is InChI=1S/C24H26FN3O3/c1-31-23(29)17-3-2-15-9-11-28(24(30)26-21-14-27-10-8-18(21)13-27)22(20(15)12-17)16-4-6-19(25)7-5-16/h2-7,12,18,21-22H,8-11,13-14H2,1H3,(H,26,30)/t18?,21-,22+/m1/s1. The van der Waals surface area contributed by atoms with Crippen LogP contribution in [0.2, 0.25) is 0 Å². The van der Waals surface area contributed by atoms with Crippen molar-refractivity contribution in [2.24, 2.45) is 5.92 Å². The van der Waals surface area contributed by atoms with Crippen molar-refractivity contribution >= 4 is 12.0 Å². The highest BCUT2D eigenvalue weighted by Gasteiger charge is 2.40. The number of methoxy groups -OCH3 is 1. The van der Waals surface area contributed by atoms with Gasteiger partial charge in [-0.05, 0) is 66.3 Å². The molecular formula is C24H26FN3O3. The normalized spacial score (nSPS) is 26.5. The van der Waals surface area contributed by atoms with Crippen LogP contribution >= 0.6 is 0 Å². The van der Waals surface area contributed by atoms with Crippen molar-refractivity contribution in [2.75, 3.05) is 33.3 Å². The topological polar surface area (TPSA) is 61.9 Å². The first kappa shape index (κ1) is 20.0. The Morgan fingerprint density at radius 3 is 2.58 bits per heavy atom. The van der Waals surface area contributed by atoms with Gasteiger partial charge in [-0.25, -0.2) is 14.0 Å². The molecule has 0 aromatic heterocycles. The summed E-state index contributed by atoms with van der Waals surface area (Å²) in [5, 5.41) is 3.25. The van der Waals surface area contributed by atoms with Crippen LogP contribution in [0.1, 0.15) is 39.5 Å². The number of nitrogens with zero attached hydrogens (tertiary/aromatic N) is 2. The molecule has 0 aliphatic carbocycles. The number of amides is 2. The van der Waals surface area contributed by atoms with Crippen LogP contribution in [0.4, 0.5) is 9.18 Å². The van der Waals surface area contributed by atoms with Gasteiger partial charge in [-0.1, -0.05) is 18.2 Å². The van der Waals surface area contributed by atoms with E-state index in [0.29, 0.717) is 24.4 Å². The Morgan fingerprint density at radius 2 is 1.90 bits per heavy atom. The van der Waals surface area contributed by atoms with Gasteiger partial charge in [0.1, 0.15) is 5.82 Å². The molecule has 6 nitrogen and oxygen atoms in total. The molecule has 2 aromatic carbocycles. The molecule has 0 spiro atoms. The minimum absolute atomic E-state index is 0.109. The van der Waals surface area contributed by atoms with Crippen LogP contribution in [-0.4, -0.2) is 61.1 Å². The number of fused-ring (bicyclic) bond motifs is 3. The van der Waals surface area contributed by atoms with E-state index in [-0.39, 0.29) is 17.9 Å². The summed E-state index contributed by atoms with van der Waals surface area (Å²) in [4.78, 5) is 29.7. The van der Waals surface area contributed by atoms with Crippen molar-refractivity contribution < 1.29 is 18.7 Å². The van der Waals surface area contributed by atoms with Crippen molar-refractivity contribution in [1.29, 1.82) is 0 Å². The van der Waals surface area contributed by atoms with E-state index in [9.17, 15) is 14.0 Å². The van der Waals surface area contributed by atoms with Gasteiger partial charge in [0, 0.05) is 25.7 Å². The molecule has 31 heavy (non-hydrogen) atoms. The number of rotatable bonds is 3. The maximum atomic E-state index is 13.6. The van der Waals surface area contributed by atoms with Crippen LogP contribution < -0.4 is 5.32 Å². The van der Waals surface area contributed by atoms with Crippen LogP contribution in [0, 0.1) is 11.7 Å². The van der Waals surface area contributed by atoms with E-state index in [1.807, 2.05) is 11.0 Å². The monoisotopic (exact) mass is 423 g/mol. The van der Waals surface area contributed by atoms with Crippen LogP contribution in [0.25, 0.3) is 0 Å². The molecule has 2 amide bonds. The van der Waals surface area contributed by atoms with Gasteiger partial charge in [-0.3, -0.25) is 0 Å². The van der Waals surface area contributed by atoms with E-state index in [1.165, 1.54) is 19.2 Å². The fraction of sp³-hybridized carbons (Fsp3) is 0.417. The quantitative estimate of drug-likeness (QED) is 0.771. The van der Waals surface area contributed by atoms with Gasteiger partial charge in [0.15, 0.2) is 0 Å². The summed E-state index contributed by atoms with van der Waals surface area (Å²) in [6.07, 6.45) is 1.82. The number of benzene rings is 2. The molecule has 2 fully saturated rings. The zero-order valence-corrected chi connectivity index (χ0v) is 17.5. The fourth-order valence-corrected chi connectivity index (χ4v) is 5.27. The molecule has 0 saturated carbocycles. The Hall–Kier alpha value is -2.93. The molecule has 7 heteroatoms. The first-order valence-corrected chi connectivity index (χ1v) is 10.8. The van der Waals surface area contributed by atoms with E-state index >= 15 is 0 Å². The number of esters is 1. The average molecular weight is 423 g/mol. The number of piperidine rings is 1. The summed E-state index contributed by atoms with van der Waals surface area (Å²) >= 11 is 0. The third kappa shape index (κ3) is 3.67. The molecule has 2 unspecified atom stereocenters. The van der Waals surface area contributed by atoms with Gasteiger partial charge in [-0.2, -0.15) is 0 Å². The summed E-state index contributed by atoms with van der Waals surface area (Å²) in [6.45, 7) is 3.62. The largest absolute Gasteiger partial charge is 0.465 e. The number of urea groups is 1. The minimum atomic E-state index is -0.418. The summed E-state index contributed by atoms with van der Waals surface area (Å²) in [5.41, 5.74) is 3.22. The van der Waals surface area contributed by atoms with Crippen LogP contribution in [0.5, 0.6) is 0 Å². The summed E-state index contributed by atoms with van der Waals surface area (Å²) in [6, 6.07) is 11.4. The molecule has 0 radical (unpaired) electrons. The smallest absolute Gasteiger partial charge is 0.337 e. The molecule has 162 valence electrons. The third-order valence-electron chi connectivity index (χ3n) is 6.88. The lowest BCUT2D eigenvalue weighted by atomic mass is 9.87. The maximum Gasteiger partial charge on any atom is 0.337 e. The van der Waals surface area contributed by atoms with Gasteiger partial charge in [-0.15, -0.1) is 0 Å². The van der Waals surface area contributed by atoms with Crippen molar-refractivity contribution in [1.82, 2.24) is 15.1 Å². The van der Waals surface area contributed by atoms with Gasteiger partial charge in [0.05, 0.1) is 18.7 Å². The highest BCUT2D eigenvalue weighted by molar-refractivity contribution is 5.90.